The van der Waals surface area contributed by atoms with E-state index < -0.39 is 29.3 Å². The molecule has 0 saturated carbocycles. The van der Waals surface area contributed by atoms with Crippen molar-refractivity contribution in [3.05, 3.63) is 53.1 Å². The number of amides is 1. The van der Waals surface area contributed by atoms with Gasteiger partial charge in [-0.3, -0.25) is 14.4 Å². The molecule has 1 atom stereocenters. The summed E-state index contributed by atoms with van der Waals surface area (Å²) in [5, 5.41) is 2.68. The number of nitrogens with zero attached hydrogens (tertiary/aromatic N) is 2. The van der Waals surface area contributed by atoms with E-state index >= 15 is 0 Å². The molecule has 0 aliphatic carbocycles. The van der Waals surface area contributed by atoms with Crippen LogP contribution in [0.3, 0.4) is 0 Å². The van der Waals surface area contributed by atoms with Crippen LogP contribution in [0.2, 0.25) is 0 Å². The monoisotopic (exact) mass is 566 g/mol. The molecule has 41 heavy (non-hydrogen) atoms. The number of hydrogen-bond donors (Lipinski definition) is 2. The molecule has 3 rings (SSSR count). The number of hydrogen-bond acceptors (Lipinski definition) is 9. The molecule has 0 fully saturated rings. The molecule has 2 aliphatic rings. The summed E-state index contributed by atoms with van der Waals surface area (Å²) in [5.74, 6) is -0.892. The summed E-state index contributed by atoms with van der Waals surface area (Å²) >= 11 is 0. The van der Waals surface area contributed by atoms with Gasteiger partial charge >= 0.3 is 11.9 Å². The van der Waals surface area contributed by atoms with Gasteiger partial charge in [-0.05, 0) is 50.8 Å². The molecule has 1 aromatic rings. The van der Waals surface area contributed by atoms with Gasteiger partial charge in [0.2, 0.25) is 0 Å². The fourth-order valence-electron chi connectivity index (χ4n) is 4.48. The summed E-state index contributed by atoms with van der Waals surface area (Å²) in [6, 6.07) is 2.04. The van der Waals surface area contributed by atoms with E-state index in [1.165, 1.54) is 13.2 Å². The number of aromatic amines is 1. The Hall–Kier alpha value is -4.28. The Bertz CT molecular complexity index is 1360. The average Bonchev–Trinajstić information content (AvgIpc) is 3.35. The van der Waals surface area contributed by atoms with Gasteiger partial charge in [0.1, 0.15) is 17.6 Å². The number of nitrogens with one attached hydrogen (secondary N) is 2. The summed E-state index contributed by atoms with van der Waals surface area (Å²) < 4.78 is 15.7. The van der Waals surface area contributed by atoms with Gasteiger partial charge in [-0.2, -0.15) is 0 Å². The van der Waals surface area contributed by atoms with Gasteiger partial charge in [-0.1, -0.05) is 20.8 Å². The van der Waals surface area contributed by atoms with E-state index in [1.807, 2.05) is 0 Å². The number of ketones is 1. The van der Waals surface area contributed by atoms with Gasteiger partial charge in [0, 0.05) is 40.9 Å². The average molecular weight is 567 g/mol. The Morgan fingerprint density at radius 2 is 1.76 bits per heavy atom. The molecule has 0 saturated heterocycles. The van der Waals surface area contributed by atoms with Gasteiger partial charge in [0.25, 0.3) is 5.91 Å². The molecular formula is C30H38N4O7. The topological polar surface area (TPSA) is 150 Å². The number of carbonyl (C=O) groups excluding carboxylic acids is 4. The Kier molecular flexibility index (Phi) is 10.6. The fraction of sp³-hybridized carbons (Fsp3) is 0.467. The van der Waals surface area contributed by atoms with Gasteiger partial charge < -0.3 is 24.5 Å². The van der Waals surface area contributed by atoms with Crippen LogP contribution in [0.1, 0.15) is 79.3 Å². The second-order valence-corrected chi connectivity index (χ2v) is 10.5. The molecule has 11 heteroatoms. The van der Waals surface area contributed by atoms with Crippen LogP contribution >= 0.6 is 0 Å². The van der Waals surface area contributed by atoms with Crippen molar-refractivity contribution >= 4 is 23.6 Å². The lowest BCUT2D eigenvalue weighted by molar-refractivity contribution is -0.146. The van der Waals surface area contributed by atoms with E-state index in [1.54, 1.807) is 59.4 Å². The smallest absolute Gasteiger partial charge is 0.328 e. The summed E-state index contributed by atoms with van der Waals surface area (Å²) in [4.78, 5) is 63.7. The first-order valence-corrected chi connectivity index (χ1v) is 13.6. The fourth-order valence-corrected chi connectivity index (χ4v) is 4.48. The number of rotatable bonds is 13. The molecule has 11 nitrogen and oxygen atoms in total. The van der Waals surface area contributed by atoms with Crippen molar-refractivity contribution in [1.29, 1.82) is 0 Å². The largest absolute Gasteiger partial charge is 0.496 e. The minimum Gasteiger partial charge on any atom is -0.496 e. The lowest BCUT2D eigenvalue weighted by Crippen LogP contribution is -2.43. The molecule has 2 heterocycles. The van der Waals surface area contributed by atoms with Crippen LogP contribution in [0.5, 0.6) is 5.75 Å². The number of aromatic nitrogens is 3. The van der Waals surface area contributed by atoms with Gasteiger partial charge in [-0.25, -0.2) is 14.8 Å². The van der Waals surface area contributed by atoms with E-state index in [9.17, 15) is 19.2 Å². The van der Waals surface area contributed by atoms with Crippen LogP contribution in [0, 0.1) is 5.41 Å². The first kappa shape index (κ1) is 31.3. The van der Waals surface area contributed by atoms with Crippen molar-refractivity contribution in [2.24, 2.45) is 5.41 Å². The van der Waals surface area contributed by atoms with Gasteiger partial charge in [0.05, 0.1) is 32.2 Å². The summed E-state index contributed by atoms with van der Waals surface area (Å²) in [6.45, 7) is 8.96. The third-order valence-corrected chi connectivity index (χ3v) is 6.54. The predicted octanol–water partition coefficient (Wildman–Crippen LogP) is 3.94. The number of aryl methyl sites for hydroxylation is 1. The second-order valence-electron chi connectivity index (χ2n) is 10.5. The maximum atomic E-state index is 13.8. The van der Waals surface area contributed by atoms with Crippen LogP contribution in [0.25, 0.3) is 11.4 Å². The van der Waals surface area contributed by atoms with Crippen LogP contribution in [-0.2, 0) is 31.9 Å². The Labute approximate surface area is 239 Å². The van der Waals surface area contributed by atoms with E-state index in [4.69, 9.17) is 14.2 Å². The second kappa shape index (κ2) is 13.9. The molecule has 0 bridgehead atoms. The minimum atomic E-state index is -1.11. The molecule has 2 aliphatic heterocycles. The van der Waals surface area contributed by atoms with Crippen molar-refractivity contribution in [3.63, 3.8) is 0 Å². The van der Waals surface area contributed by atoms with Gasteiger partial charge in [0.15, 0.2) is 5.78 Å². The third kappa shape index (κ3) is 7.68. The molecule has 0 unspecified atom stereocenters. The summed E-state index contributed by atoms with van der Waals surface area (Å²) in [6.07, 6.45) is 5.81. The summed E-state index contributed by atoms with van der Waals surface area (Å²) in [5.41, 5.74) is 1.86. The standard InChI is InChI=1S/C30H38N4O7/c1-7-40-24(35)14-12-22(29(38)41-8-2)34-28(37)20-11-13-23(39-6)19(25(20)26(36)30(3,4)5)10-9-18-15-32-27-21(18)16-31-17-33-27/h11,13,15-17,22H,7-10,12,14H2,1-6H3,(H,34,37)(H,31,32,33)/t22-/m0/s1. The number of H-pyrrole nitrogens is 1. The highest BCUT2D eigenvalue weighted by Crippen LogP contribution is 2.34. The van der Waals surface area contributed by atoms with Gasteiger partial charge in [-0.15, -0.1) is 0 Å². The molecule has 0 spiro atoms. The Morgan fingerprint density at radius 3 is 2.41 bits per heavy atom. The van der Waals surface area contributed by atoms with Crippen molar-refractivity contribution in [2.45, 2.75) is 66.3 Å². The van der Waals surface area contributed by atoms with Crippen molar-refractivity contribution < 1.29 is 33.4 Å². The molecule has 2 N–H and O–H groups in total. The number of esters is 2. The number of fused-ring (bicyclic) bond motifs is 1. The van der Waals surface area contributed by atoms with Crippen molar-refractivity contribution in [3.8, 4) is 17.1 Å². The molecule has 220 valence electrons. The zero-order valence-electron chi connectivity index (χ0n) is 24.5. The van der Waals surface area contributed by atoms with Crippen molar-refractivity contribution in [1.82, 2.24) is 20.3 Å². The number of ether oxygens (including phenoxy) is 3. The molecule has 1 aromatic carbocycles. The molecule has 0 aromatic heterocycles. The Morgan fingerprint density at radius 1 is 1.02 bits per heavy atom. The van der Waals surface area contributed by atoms with Crippen LogP contribution in [0.4, 0.5) is 0 Å². The first-order chi connectivity index (χ1) is 19.5. The van der Waals surface area contributed by atoms with E-state index in [0.29, 0.717) is 30.0 Å². The zero-order chi connectivity index (χ0) is 30.2. The number of carbonyl (C=O) groups is 4. The minimum absolute atomic E-state index is 0.0168. The summed E-state index contributed by atoms with van der Waals surface area (Å²) in [7, 11) is 1.51. The lowest BCUT2D eigenvalue weighted by atomic mass is 9.81. The first-order valence-electron chi connectivity index (χ1n) is 13.6. The quantitative estimate of drug-likeness (QED) is 0.232. The third-order valence-electron chi connectivity index (χ3n) is 6.54. The molecular weight excluding hydrogens is 528 g/mol. The predicted molar refractivity (Wildman–Crippen MR) is 151 cm³/mol. The zero-order valence-corrected chi connectivity index (χ0v) is 24.5. The SMILES string of the molecule is CCOC(=O)CC[C@H](NC(=O)c1ccc(OC)c(CCc2cnc3[nH]cncc2-3)c1C(=O)C(C)(C)C)C(=O)OCC. The van der Waals surface area contributed by atoms with Crippen LogP contribution in [-0.4, -0.2) is 64.9 Å². The van der Waals surface area contributed by atoms with E-state index in [0.717, 1.165) is 11.1 Å². The highest BCUT2D eigenvalue weighted by Gasteiger charge is 2.33. The maximum Gasteiger partial charge on any atom is 0.328 e. The number of Topliss-reactive ketones (excluding diaryl/α,β-unsaturated/α-hetero) is 1. The highest BCUT2D eigenvalue weighted by molar-refractivity contribution is 6.11. The lowest BCUT2D eigenvalue weighted by Gasteiger charge is -2.24. The Balaban J connectivity index is 2.00. The maximum absolute atomic E-state index is 13.8. The van der Waals surface area contributed by atoms with Crippen molar-refractivity contribution in [2.75, 3.05) is 20.3 Å². The van der Waals surface area contributed by atoms with E-state index in [2.05, 4.69) is 20.3 Å². The number of benzene rings is 1. The number of methoxy groups -OCH3 is 1. The molecule has 1 amide bonds. The normalized spacial score (nSPS) is 12.0. The van der Waals surface area contributed by atoms with Crippen LogP contribution in [0.15, 0.2) is 30.9 Å². The van der Waals surface area contributed by atoms with Crippen LogP contribution < -0.4 is 10.1 Å². The molecule has 0 radical (unpaired) electrons. The van der Waals surface area contributed by atoms with E-state index in [-0.39, 0.29) is 43.0 Å². The highest BCUT2D eigenvalue weighted by atomic mass is 16.5.